The molecule has 0 heterocycles. The molecule has 1 aromatic carbocycles. The first-order valence-corrected chi connectivity index (χ1v) is 9.36. The van der Waals surface area contributed by atoms with Gasteiger partial charge in [-0.2, -0.15) is 11.8 Å². The summed E-state index contributed by atoms with van der Waals surface area (Å²) in [5.74, 6) is 0.742. The molecule has 4 nitrogen and oxygen atoms in total. The molecule has 1 fully saturated rings. The van der Waals surface area contributed by atoms with Crippen molar-refractivity contribution in [2.75, 3.05) is 19.9 Å². The van der Waals surface area contributed by atoms with Gasteiger partial charge in [-0.3, -0.25) is 4.99 Å². The van der Waals surface area contributed by atoms with Gasteiger partial charge in [-0.05, 0) is 50.1 Å². The number of aliphatic imine (C=N–C) groups is 1. The number of hydrogen-bond acceptors (Lipinski definition) is 3. The molecule has 1 aliphatic carbocycles. The number of thioether (sulfide) groups is 1. The van der Waals surface area contributed by atoms with E-state index in [4.69, 9.17) is 4.74 Å². The molecular formula is C17H27FIN3OS. The number of ether oxygens (including phenoxy) is 1. The lowest BCUT2D eigenvalue weighted by Gasteiger charge is -2.17. The summed E-state index contributed by atoms with van der Waals surface area (Å²) in [5.41, 5.74) is 0.863. The molecule has 2 unspecified atom stereocenters. The number of benzene rings is 1. The maximum Gasteiger partial charge on any atom is 0.191 e. The van der Waals surface area contributed by atoms with E-state index in [1.54, 1.807) is 13.1 Å². The topological polar surface area (TPSA) is 45.6 Å². The van der Waals surface area contributed by atoms with Gasteiger partial charge in [0, 0.05) is 24.9 Å². The molecule has 0 saturated heterocycles. The second-order valence-corrected chi connectivity index (χ2v) is 6.77. The predicted molar refractivity (Wildman–Crippen MR) is 111 cm³/mol. The second-order valence-electron chi connectivity index (χ2n) is 5.64. The van der Waals surface area contributed by atoms with E-state index in [0.717, 1.165) is 16.8 Å². The minimum absolute atomic E-state index is 0. The van der Waals surface area contributed by atoms with Crippen LogP contribution in [0.25, 0.3) is 0 Å². The number of halogens is 2. The standard InChI is InChI=1S/C17H26FN3OS.HI/c1-4-22-16-8-5-12(9-15(16)18)11-20-17(19-2)21-13-6-7-14(10-13)23-3;/h5,8-9,13-14H,4,6-7,10-11H2,1-3H3,(H2,19,20,21);1H. The van der Waals surface area contributed by atoms with E-state index in [2.05, 4.69) is 21.9 Å². The molecule has 2 rings (SSSR count). The van der Waals surface area contributed by atoms with Crippen LogP contribution in [0.15, 0.2) is 23.2 Å². The lowest BCUT2D eigenvalue weighted by Crippen LogP contribution is -2.42. The van der Waals surface area contributed by atoms with Crippen LogP contribution in [0.4, 0.5) is 4.39 Å². The quantitative estimate of drug-likeness (QED) is 0.380. The van der Waals surface area contributed by atoms with Crippen molar-refractivity contribution in [3.8, 4) is 5.75 Å². The third kappa shape index (κ3) is 6.31. The number of nitrogens with one attached hydrogen (secondary N) is 2. The zero-order valence-corrected chi connectivity index (χ0v) is 17.6. The van der Waals surface area contributed by atoms with Crippen LogP contribution < -0.4 is 15.4 Å². The maximum absolute atomic E-state index is 13.9. The fourth-order valence-electron chi connectivity index (χ4n) is 2.79. The maximum atomic E-state index is 13.9. The molecule has 136 valence electrons. The molecular weight excluding hydrogens is 440 g/mol. The van der Waals surface area contributed by atoms with Gasteiger partial charge in [-0.1, -0.05) is 6.07 Å². The molecule has 0 amide bonds. The van der Waals surface area contributed by atoms with Crippen molar-refractivity contribution in [3.05, 3.63) is 29.6 Å². The molecule has 7 heteroatoms. The molecule has 0 radical (unpaired) electrons. The van der Waals surface area contributed by atoms with Gasteiger partial charge < -0.3 is 15.4 Å². The summed E-state index contributed by atoms with van der Waals surface area (Å²) in [4.78, 5) is 4.26. The van der Waals surface area contributed by atoms with Crippen LogP contribution >= 0.6 is 35.7 Å². The SMILES string of the molecule is CCOc1ccc(CNC(=NC)NC2CCC(SC)C2)cc1F.I. The van der Waals surface area contributed by atoms with E-state index in [9.17, 15) is 4.39 Å². The van der Waals surface area contributed by atoms with E-state index in [1.165, 1.54) is 25.3 Å². The van der Waals surface area contributed by atoms with Gasteiger partial charge in [0.2, 0.25) is 0 Å². The molecule has 0 spiro atoms. The molecule has 0 bridgehead atoms. The summed E-state index contributed by atoms with van der Waals surface area (Å²) in [5, 5.41) is 7.44. The minimum Gasteiger partial charge on any atom is -0.491 e. The Morgan fingerprint density at radius 1 is 1.42 bits per heavy atom. The van der Waals surface area contributed by atoms with E-state index < -0.39 is 0 Å². The van der Waals surface area contributed by atoms with Gasteiger partial charge in [0.1, 0.15) is 0 Å². The number of rotatable bonds is 6. The van der Waals surface area contributed by atoms with Crippen molar-refractivity contribution in [1.82, 2.24) is 10.6 Å². The fourth-order valence-corrected chi connectivity index (χ4v) is 3.58. The van der Waals surface area contributed by atoms with Crippen molar-refractivity contribution < 1.29 is 9.13 Å². The van der Waals surface area contributed by atoms with Crippen LogP contribution in [-0.4, -0.2) is 37.2 Å². The van der Waals surface area contributed by atoms with Gasteiger partial charge in [-0.25, -0.2) is 4.39 Å². The zero-order chi connectivity index (χ0) is 16.7. The van der Waals surface area contributed by atoms with Gasteiger partial charge >= 0.3 is 0 Å². The van der Waals surface area contributed by atoms with Crippen LogP contribution in [0.3, 0.4) is 0 Å². The highest BCUT2D eigenvalue weighted by Gasteiger charge is 2.24. The Morgan fingerprint density at radius 2 is 2.21 bits per heavy atom. The van der Waals surface area contributed by atoms with E-state index >= 15 is 0 Å². The van der Waals surface area contributed by atoms with Gasteiger partial charge in [0.15, 0.2) is 17.5 Å². The molecule has 2 N–H and O–H groups in total. The van der Waals surface area contributed by atoms with Crippen LogP contribution in [0, 0.1) is 5.82 Å². The molecule has 0 aromatic heterocycles. The van der Waals surface area contributed by atoms with Crippen LogP contribution in [0.5, 0.6) is 5.75 Å². The Bertz CT molecular complexity index is 545. The predicted octanol–water partition coefficient (Wildman–Crippen LogP) is 3.79. The smallest absolute Gasteiger partial charge is 0.191 e. The van der Waals surface area contributed by atoms with Crippen molar-refractivity contribution >= 4 is 41.7 Å². The number of guanidine groups is 1. The lowest BCUT2D eigenvalue weighted by molar-refractivity contribution is 0.321. The molecule has 1 aliphatic rings. The summed E-state index contributed by atoms with van der Waals surface area (Å²) in [6.45, 7) is 2.83. The zero-order valence-electron chi connectivity index (χ0n) is 14.5. The Labute approximate surface area is 165 Å². The highest BCUT2D eigenvalue weighted by atomic mass is 127. The summed E-state index contributed by atoms with van der Waals surface area (Å²) >= 11 is 1.93. The second kappa shape index (κ2) is 11.0. The third-order valence-corrected chi connectivity index (χ3v) is 5.13. The van der Waals surface area contributed by atoms with Crippen molar-refractivity contribution in [2.45, 2.75) is 44.0 Å². The Morgan fingerprint density at radius 3 is 2.79 bits per heavy atom. The van der Waals surface area contributed by atoms with Crippen molar-refractivity contribution in [2.24, 2.45) is 4.99 Å². The Hall–Kier alpha value is -0.700. The lowest BCUT2D eigenvalue weighted by atomic mass is 10.2. The van der Waals surface area contributed by atoms with Crippen LogP contribution in [0.2, 0.25) is 0 Å². The average molecular weight is 467 g/mol. The summed E-state index contributed by atoms with van der Waals surface area (Å²) in [7, 11) is 1.76. The first-order valence-electron chi connectivity index (χ1n) is 8.07. The van der Waals surface area contributed by atoms with Gasteiger partial charge in [-0.15, -0.1) is 24.0 Å². The molecule has 24 heavy (non-hydrogen) atoms. The summed E-state index contributed by atoms with van der Waals surface area (Å²) < 4.78 is 19.1. The molecule has 2 atom stereocenters. The largest absolute Gasteiger partial charge is 0.491 e. The van der Waals surface area contributed by atoms with Gasteiger partial charge in [0.05, 0.1) is 6.61 Å². The van der Waals surface area contributed by atoms with E-state index in [1.807, 2.05) is 24.8 Å². The van der Waals surface area contributed by atoms with Gasteiger partial charge in [0.25, 0.3) is 0 Å². The highest BCUT2D eigenvalue weighted by Crippen LogP contribution is 2.28. The molecule has 0 aliphatic heterocycles. The Kier molecular flexibility index (Phi) is 9.80. The number of hydrogen-bond donors (Lipinski definition) is 2. The molecule has 1 aromatic rings. The third-order valence-electron chi connectivity index (χ3n) is 4.04. The van der Waals surface area contributed by atoms with Crippen LogP contribution in [0.1, 0.15) is 31.7 Å². The Balaban J connectivity index is 0.00000288. The van der Waals surface area contributed by atoms with Crippen molar-refractivity contribution in [3.63, 3.8) is 0 Å². The first kappa shape index (κ1) is 21.3. The summed E-state index contributed by atoms with van der Waals surface area (Å²) in [6, 6.07) is 5.51. The van der Waals surface area contributed by atoms with E-state index in [0.29, 0.717) is 24.9 Å². The summed E-state index contributed by atoms with van der Waals surface area (Å²) in [6.07, 6.45) is 5.75. The van der Waals surface area contributed by atoms with Crippen LogP contribution in [-0.2, 0) is 6.54 Å². The van der Waals surface area contributed by atoms with E-state index in [-0.39, 0.29) is 29.8 Å². The average Bonchev–Trinajstić information content (AvgIpc) is 3.01. The number of nitrogens with zero attached hydrogens (tertiary/aromatic N) is 1. The highest BCUT2D eigenvalue weighted by molar-refractivity contribution is 14.0. The van der Waals surface area contributed by atoms with Crippen molar-refractivity contribution in [1.29, 1.82) is 0 Å². The molecule has 1 saturated carbocycles. The monoisotopic (exact) mass is 467 g/mol. The minimum atomic E-state index is -0.326. The normalized spacial score (nSPS) is 20.4. The first-order chi connectivity index (χ1) is 11.2. The fraction of sp³-hybridized carbons (Fsp3) is 0.588.